The molecule has 0 aliphatic carbocycles. The maximum Gasteiger partial charge on any atom is 0.246 e. The fraction of sp³-hybridized carbons (Fsp3) is 0.500. The van der Waals surface area contributed by atoms with E-state index < -0.39 is 6.04 Å². The number of hydrogen-bond donors (Lipinski definition) is 1. The number of rotatable bonds is 6. The summed E-state index contributed by atoms with van der Waals surface area (Å²) in [5, 5.41) is 2.85. The van der Waals surface area contributed by atoms with Crippen LogP contribution in [0.3, 0.4) is 0 Å². The molecule has 2 amide bonds. The van der Waals surface area contributed by atoms with Crippen molar-refractivity contribution in [1.82, 2.24) is 10.2 Å². The Balaban J connectivity index is 2.12. The minimum atomic E-state index is -0.487. The van der Waals surface area contributed by atoms with Crippen molar-refractivity contribution in [2.24, 2.45) is 0 Å². The van der Waals surface area contributed by atoms with Crippen molar-refractivity contribution >= 4 is 11.8 Å². The van der Waals surface area contributed by atoms with Crippen LogP contribution in [0, 0.1) is 0 Å². The number of hydrogen-bond acceptors (Lipinski definition) is 3. The fourth-order valence-electron chi connectivity index (χ4n) is 2.67. The van der Waals surface area contributed by atoms with Gasteiger partial charge in [-0.05, 0) is 12.0 Å². The smallest absolute Gasteiger partial charge is 0.246 e. The number of ether oxygens (including phenoxy) is 1. The van der Waals surface area contributed by atoms with E-state index >= 15 is 0 Å². The van der Waals surface area contributed by atoms with E-state index in [-0.39, 0.29) is 17.9 Å². The van der Waals surface area contributed by atoms with Gasteiger partial charge in [0.1, 0.15) is 12.1 Å². The van der Waals surface area contributed by atoms with Crippen molar-refractivity contribution in [1.29, 1.82) is 0 Å². The summed E-state index contributed by atoms with van der Waals surface area (Å²) in [7, 11) is 1.59. The monoisotopic (exact) mass is 290 g/mol. The molecule has 1 saturated heterocycles. The Bertz CT molecular complexity index is 490. The zero-order chi connectivity index (χ0) is 15.2. The molecule has 2 unspecified atom stereocenters. The van der Waals surface area contributed by atoms with Gasteiger partial charge in [-0.1, -0.05) is 37.3 Å². The first kappa shape index (κ1) is 15.5. The van der Waals surface area contributed by atoms with Gasteiger partial charge in [-0.2, -0.15) is 0 Å². The van der Waals surface area contributed by atoms with Gasteiger partial charge < -0.3 is 15.0 Å². The molecule has 2 rings (SSSR count). The van der Waals surface area contributed by atoms with E-state index in [2.05, 4.69) is 5.32 Å². The van der Waals surface area contributed by atoms with Crippen LogP contribution in [0.2, 0.25) is 0 Å². The molecule has 114 valence electrons. The molecular formula is C16H22N2O3. The third-order valence-electron chi connectivity index (χ3n) is 3.78. The summed E-state index contributed by atoms with van der Waals surface area (Å²) in [5.74, 6) is -0.100. The van der Waals surface area contributed by atoms with E-state index in [1.165, 1.54) is 0 Å². The second kappa shape index (κ2) is 7.22. The average Bonchev–Trinajstić information content (AvgIpc) is 2.50. The number of methoxy groups -OCH3 is 1. The van der Waals surface area contributed by atoms with E-state index in [0.717, 1.165) is 5.56 Å². The zero-order valence-corrected chi connectivity index (χ0v) is 12.5. The summed E-state index contributed by atoms with van der Waals surface area (Å²) >= 11 is 0. The van der Waals surface area contributed by atoms with Crippen molar-refractivity contribution in [3.63, 3.8) is 0 Å². The predicted molar refractivity (Wildman–Crippen MR) is 79.7 cm³/mol. The van der Waals surface area contributed by atoms with E-state index in [0.29, 0.717) is 26.0 Å². The lowest BCUT2D eigenvalue weighted by Gasteiger charge is -2.38. The highest BCUT2D eigenvalue weighted by molar-refractivity contribution is 5.97. The largest absolute Gasteiger partial charge is 0.383 e. The highest BCUT2D eigenvalue weighted by Gasteiger charge is 2.39. The van der Waals surface area contributed by atoms with Gasteiger partial charge in [-0.15, -0.1) is 0 Å². The molecule has 0 saturated carbocycles. The fourth-order valence-corrected chi connectivity index (χ4v) is 2.67. The SMILES string of the molecule is CCC1C(=O)NC(Cc2ccccc2)C(=O)N1CCOC. The van der Waals surface area contributed by atoms with E-state index in [9.17, 15) is 9.59 Å². The second-order valence-corrected chi connectivity index (χ2v) is 5.20. The van der Waals surface area contributed by atoms with Crippen LogP contribution in [0.5, 0.6) is 0 Å². The summed E-state index contributed by atoms with van der Waals surface area (Å²) in [4.78, 5) is 26.5. The number of carbonyl (C=O) groups excluding carboxylic acids is 2. The number of nitrogens with one attached hydrogen (secondary N) is 1. The molecule has 1 aromatic rings. The van der Waals surface area contributed by atoms with Crippen LogP contribution in [0.25, 0.3) is 0 Å². The van der Waals surface area contributed by atoms with Gasteiger partial charge in [-0.3, -0.25) is 9.59 Å². The van der Waals surface area contributed by atoms with Gasteiger partial charge in [0, 0.05) is 20.1 Å². The van der Waals surface area contributed by atoms with Crippen LogP contribution in [-0.2, 0) is 20.7 Å². The standard InChI is InChI=1S/C16H22N2O3/c1-3-14-15(19)17-13(11-12-7-5-4-6-8-12)16(20)18(14)9-10-21-2/h4-8,13-14H,3,9-11H2,1-2H3,(H,17,19). The molecule has 0 aromatic heterocycles. The van der Waals surface area contributed by atoms with Crippen LogP contribution in [0.1, 0.15) is 18.9 Å². The highest BCUT2D eigenvalue weighted by Crippen LogP contribution is 2.16. The van der Waals surface area contributed by atoms with Gasteiger partial charge in [-0.25, -0.2) is 0 Å². The molecule has 0 bridgehead atoms. The van der Waals surface area contributed by atoms with Crippen LogP contribution >= 0.6 is 0 Å². The molecule has 21 heavy (non-hydrogen) atoms. The average molecular weight is 290 g/mol. The molecular weight excluding hydrogens is 268 g/mol. The van der Waals surface area contributed by atoms with Crippen molar-refractivity contribution in [3.05, 3.63) is 35.9 Å². The summed E-state index contributed by atoms with van der Waals surface area (Å²) in [6.07, 6.45) is 1.13. The van der Waals surface area contributed by atoms with Crippen molar-refractivity contribution in [2.45, 2.75) is 31.8 Å². The molecule has 5 heteroatoms. The molecule has 1 N–H and O–H groups in total. The Hall–Kier alpha value is -1.88. The lowest BCUT2D eigenvalue weighted by molar-refractivity contribution is -0.150. The first-order chi connectivity index (χ1) is 10.2. The van der Waals surface area contributed by atoms with Crippen molar-refractivity contribution in [3.8, 4) is 0 Å². The Morgan fingerprint density at radius 3 is 2.57 bits per heavy atom. The summed E-state index contributed by atoms with van der Waals surface area (Å²) < 4.78 is 5.05. The molecule has 1 aromatic carbocycles. The quantitative estimate of drug-likeness (QED) is 0.849. The molecule has 1 aliphatic heterocycles. The summed E-state index contributed by atoms with van der Waals surface area (Å²) in [6.45, 7) is 2.80. The van der Waals surface area contributed by atoms with Gasteiger partial charge in [0.05, 0.1) is 6.61 Å². The Labute approximate surface area is 125 Å². The number of carbonyl (C=O) groups is 2. The van der Waals surface area contributed by atoms with E-state index in [1.54, 1.807) is 12.0 Å². The van der Waals surface area contributed by atoms with Crippen molar-refractivity contribution in [2.75, 3.05) is 20.3 Å². The first-order valence-electron chi connectivity index (χ1n) is 7.31. The zero-order valence-electron chi connectivity index (χ0n) is 12.5. The Morgan fingerprint density at radius 1 is 1.24 bits per heavy atom. The molecule has 1 aliphatic rings. The normalized spacial score (nSPS) is 22.3. The maximum atomic E-state index is 12.6. The maximum absolute atomic E-state index is 12.6. The van der Waals surface area contributed by atoms with Gasteiger partial charge in [0.15, 0.2) is 0 Å². The molecule has 5 nitrogen and oxygen atoms in total. The van der Waals surface area contributed by atoms with E-state index in [1.807, 2.05) is 37.3 Å². The van der Waals surface area contributed by atoms with Crippen molar-refractivity contribution < 1.29 is 14.3 Å². The predicted octanol–water partition coefficient (Wildman–Crippen LogP) is 0.981. The lowest BCUT2D eigenvalue weighted by atomic mass is 9.99. The lowest BCUT2D eigenvalue weighted by Crippen LogP contribution is -2.64. The summed E-state index contributed by atoms with van der Waals surface area (Å²) in [5.41, 5.74) is 1.04. The molecule has 0 spiro atoms. The minimum Gasteiger partial charge on any atom is -0.383 e. The van der Waals surface area contributed by atoms with E-state index in [4.69, 9.17) is 4.74 Å². The summed E-state index contributed by atoms with van der Waals surface area (Å²) in [6, 6.07) is 8.85. The Kier molecular flexibility index (Phi) is 5.33. The van der Waals surface area contributed by atoms with Gasteiger partial charge >= 0.3 is 0 Å². The van der Waals surface area contributed by atoms with Gasteiger partial charge in [0.25, 0.3) is 0 Å². The minimum absolute atomic E-state index is 0.0256. The third kappa shape index (κ3) is 3.61. The number of piperazine rings is 1. The molecule has 2 atom stereocenters. The molecule has 0 radical (unpaired) electrons. The third-order valence-corrected chi connectivity index (χ3v) is 3.78. The molecule has 1 heterocycles. The molecule has 1 fully saturated rings. The number of amides is 2. The van der Waals surface area contributed by atoms with Crippen LogP contribution in [-0.4, -0.2) is 49.1 Å². The van der Waals surface area contributed by atoms with Gasteiger partial charge in [0.2, 0.25) is 11.8 Å². The highest BCUT2D eigenvalue weighted by atomic mass is 16.5. The topological polar surface area (TPSA) is 58.6 Å². The second-order valence-electron chi connectivity index (χ2n) is 5.20. The first-order valence-corrected chi connectivity index (χ1v) is 7.31. The Morgan fingerprint density at radius 2 is 1.95 bits per heavy atom. The van der Waals surface area contributed by atoms with Crippen LogP contribution in [0.4, 0.5) is 0 Å². The number of nitrogens with zero attached hydrogens (tertiary/aromatic N) is 1. The van der Waals surface area contributed by atoms with Crippen LogP contribution in [0.15, 0.2) is 30.3 Å². The van der Waals surface area contributed by atoms with Crippen LogP contribution < -0.4 is 5.32 Å². The number of benzene rings is 1.